The van der Waals surface area contributed by atoms with Gasteiger partial charge in [-0.25, -0.2) is 4.79 Å². The molecule has 0 N–H and O–H groups in total. The maximum Gasteiger partial charge on any atom is 0.347 e. The van der Waals surface area contributed by atoms with Crippen molar-refractivity contribution in [3.63, 3.8) is 0 Å². The molecule has 0 heterocycles. The Morgan fingerprint density at radius 2 is 2.00 bits per heavy atom. The molecule has 0 radical (unpaired) electrons. The van der Waals surface area contributed by atoms with Gasteiger partial charge in [0.05, 0.1) is 7.11 Å². The van der Waals surface area contributed by atoms with Crippen molar-refractivity contribution in [2.75, 3.05) is 7.11 Å². The highest BCUT2D eigenvalue weighted by atomic mass is 16.6. The van der Waals surface area contributed by atoms with Gasteiger partial charge in [0.2, 0.25) is 0 Å². The zero-order valence-corrected chi connectivity index (χ0v) is 11.4. The van der Waals surface area contributed by atoms with Crippen LogP contribution in [-0.2, 0) is 16.0 Å². The Balaban J connectivity index is 2.78. The number of unbranched alkanes of at least 4 members (excludes halogenated alkanes) is 1. The molecule has 1 aromatic rings. The molecule has 0 bridgehead atoms. The van der Waals surface area contributed by atoms with E-state index in [1.165, 1.54) is 7.11 Å². The van der Waals surface area contributed by atoms with Gasteiger partial charge in [-0.3, -0.25) is 0 Å². The Bertz CT molecular complexity index is 374. The van der Waals surface area contributed by atoms with Crippen LogP contribution in [0.25, 0.3) is 0 Å². The third-order valence-electron chi connectivity index (χ3n) is 2.91. The molecule has 0 amide bonds. The van der Waals surface area contributed by atoms with Gasteiger partial charge in [-0.05, 0) is 30.9 Å². The van der Waals surface area contributed by atoms with Crippen molar-refractivity contribution >= 4 is 5.97 Å². The minimum atomic E-state index is -0.498. The second-order valence-electron chi connectivity index (χ2n) is 4.23. The Kier molecular flexibility index (Phi) is 6.26. The van der Waals surface area contributed by atoms with Crippen molar-refractivity contribution in [2.24, 2.45) is 0 Å². The average molecular weight is 250 g/mol. The van der Waals surface area contributed by atoms with Crippen LogP contribution < -0.4 is 4.74 Å². The molecule has 1 aromatic carbocycles. The third kappa shape index (κ3) is 4.06. The lowest BCUT2D eigenvalue weighted by Crippen LogP contribution is -2.28. The summed E-state index contributed by atoms with van der Waals surface area (Å²) in [5.74, 6) is 0.487. The molecular weight excluding hydrogens is 228 g/mol. The number of methoxy groups -OCH3 is 1. The Morgan fingerprint density at radius 3 is 2.61 bits per heavy atom. The summed E-state index contributed by atoms with van der Waals surface area (Å²) < 4.78 is 10.6. The lowest BCUT2D eigenvalue weighted by molar-refractivity contribution is -0.149. The Morgan fingerprint density at radius 1 is 1.28 bits per heavy atom. The molecule has 0 fully saturated rings. The molecule has 0 aliphatic carbocycles. The summed E-state index contributed by atoms with van der Waals surface area (Å²) in [6, 6.07) is 7.82. The van der Waals surface area contributed by atoms with Crippen molar-refractivity contribution in [3.8, 4) is 5.75 Å². The van der Waals surface area contributed by atoms with Crippen LogP contribution >= 0.6 is 0 Å². The van der Waals surface area contributed by atoms with E-state index in [4.69, 9.17) is 9.47 Å². The molecule has 0 aliphatic heterocycles. The lowest BCUT2D eigenvalue weighted by Gasteiger charge is -2.18. The van der Waals surface area contributed by atoms with Gasteiger partial charge in [0.1, 0.15) is 5.75 Å². The highest BCUT2D eigenvalue weighted by molar-refractivity contribution is 5.75. The van der Waals surface area contributed by atoms with Crippen molar-refractivity contribution in [1.29, 1.82) is 0 Å². The first-order valence-electron chi connectivity index (χ1n) is 6.55. The second-order valence-corrected chi connectivity index (χ2v) is 4.23. The SMILES string of the molecule is CCCCC(Oc1ccccc1CC)C(=O)OC. The highest BCUT2D eigenvalue weighted by Crippen LogP contribution is 2.21. The average Bonchev–Trinajstić information content (AvgIpc) is 2.42. The summed E-state index contributed by atoms with van der Waals surface area (Å²) >= 11 is 0. The van der Waals surface area contributed by atoms with E-state index in [2.05, 4.69) is 13.8 Å². The molecule has 0 spiro atoms. The van der Waals surface area contributed by atoms with Gasteiger partial charge in [-0.1, -0.05) is 38.5 Å². The number of rotatable bonds is 7. The van der Waals surface area contributed by atoms with Crippen LogP contribution in [0, 0.1) is 0 Å². The van der Waals surface area contributed by atoms with Crippen LogP contribution in [0.3, 0.4) is 0 Å². The fourth-order valence-corrected chi connectivity index (χ4v) is 1.81. The van der Waals surface area contributed by atoms with E-state index < -0.39 is 6.10 Å². The van der Waals surface area contributed by atoms with Crippen molar-refractivity contribution in [1.82, 2.24) is 0 Å². The monoisotopic (exact) mass is 250 g/mol. The number of esters is 1. The van der Waals surface area contributed by atoms with Crippen molar-refractivity contribution in [2.45, 2.75) is 45.6 Å². The minimum Gasteiger partial charge on any atom is -0.478 e. The van der Waals surface area contributed by atoms with Crippen LogP contribution in [0.4, 0.5) is 0 Å². The summed E-state index contributed by atoms with van der Waals surface area (Å²) in [6.45, 7) is 4.16. The second kappa shape index (κ2) is 7.75. The predicted octanol–water partition coefficient (Wildman–Crippen LogP) is 3.36. The number of para-hydroxylation sites is 1. The Labute approximate surface area is 109 Å². The first kappa shape index (κ1) is 14.6. The molecule has 0 saturated heterocycles. The van der Waals surface area contributed by atoms with E-state index in [-0.39, 0.29) is 5.97 Å². The van der Waals surface area contributed by atoms with E-state index >= 15 is 0 Å². The number of carbonyl (C=O) groups excluding carboxylic acids is 1. The maximum absolute atomic E-state index is 11.7. The van der Waals surface area contributed by atoms with Crippen LogP contribution in [-0.4, -0.2) is 19.2 Å². The molecule has 3 heteroatoms. The zero-order chi connectivity index (χ0) is 13.4. The molecule has 100 valence electrons. The summed E-state index contributed by atoms with van der Waals surface area (Å²) in [7, 11) is 1.40. The number of hydrogen-bond acceptors (Lipinski definition) is 3. The van der Waals surface area contributed by atoms with Crippen LogP contribution in [0.5, 0.6) is 5.75 Å². The molecule has 0 saturated carbocycles. The molecule has 1 unspecified atom stereocenters. The number of aryl methyl sites for hydroxylation is 1. The summed E-state index contributed by atoms with van der Waals surface area (Å²) in [5.41, 5.74) is 1.11. The fourth-order valence-electron chi connectivity index (χ4n) is 1.81. The maximum atomic E-state index is 11.7. The number of carbonyl (C=O) groups is 1. The van der Waals surface area contributed by atoms with Gasteiger partial charge < -0.3 is 9.47 Å². The third-order valence-corrected chi connectivity index (χ3v) is 2.91. The van der Waals surface area contributed by atoms with E-state index in [9.17, 15) is 4.79 Å². The van der Waals surface area contributed by atoms with Crippen LogP contribution in [0.1, 0.15) is 38.7 Å². The van der Waals surface area contributed by atoms with Gasteiger partial charge >= 0.3 is 5.97 Å². The topological polar surface area (TPSA) is 35.5 Å². The number of benzene rings is 1. The fraction of sp³-hybridized carbons (Fsp3) is 0.533. The molecule has 3 nitrogen and oxygen atoms in total. The quantitative estimate of drug-likeness (QED) is 0.696. The minimum absolute atomic E-state index is 0.297. The molecule has 1 atom stereocenters. The summed E-state index contributed by atoms with van der Waals surface area (Å²) in [6.07, 6.45) is 3.07. The predicted molar refractivity (Wildman–Crippen MR) is 71.8 cm³/mol. The van der Waals surface area contributed by atoms with Crippen molar-refractivity contribution in [3.05, 3.63) is 29.8 Å². The van der Waals surface area contributed by atoms with Gasteiger partial charge in [0.15, 0.2) is 6.10 Å². The normalized spacial score (nSPS) is 11.9. The zero-order valence-electron chi connectivity index (χ0n) is 11.4. The molecular formula is C15H22O3. The van der Waals surface area contributed by atoms with E-state index in [0.29, 0.717) is 6.42 Å². The highest BCUT2D eigenvalue weighted by Gasteiger charge is 2.21. The van der Waals surface area contributed by atoms with Crippen LogP contribution in [0.2, 0.25) is 0 Å². The van der Waals surface area contributed by atoms with Gasteiger partial charge in [-0.2, -0.15) is 0 Å². The molecule has 0 aliphatic rings. The molecule has 0 aromatic heterocycles. The lowest BCUT2D eigenvalue weighted by atomic mass is 10.1. The summed E-state index contributed by atoms with van der Waals surface area (Å²) in [4.78, 5) is 11.7. The standard InChI is InChI=1S/C15H22O3/c1-4-6-10-14(15(16)17-3)18-13-11-8-7-9-12(13)5-2/h7-9,11,14H,4-6,10H2,1-3H3. The molecule has 18 heavy (non-hydrogen) atoms. The van der Waals surface area contributed by atoms with Gasteiger partial charge in [0.25, 0.3) is 0 Å². The first-order valence-corrected chi connectivity index (χ1v) is 6.55. The smallest absolute Gasteiger partial charge is 0.347 e. The summed E-state index contributed by atoms with van der Waals surface area (Å²) in [5, 5.41) is 0. The van der Waals surface area contributed by atoms with E-state index in [1.54, 1.807) is 0 Å². The first-order chi connectivity index (χ1) is 8.72. The largest absolute Gasteiger partial charge is 0.478 e. The van der Waals surface area contributed by atoms with Gasteiger partial charge in [0, 0.05) is 0 Å². The van der Waals surface area contributed by atoms with E-state index in [0.717, 1.165) is 30.6 Å². The number of ether oxygens (including phenoxy) is 2. The van der Waals surface area contributed by atoms with Crippen LogP contribution in [0.15, 0.2) is 24.3 Å². The number of hydrogen-bond donors (Lipinski definition) is 0. The Hall–Kier alpha value is -1.51. The van der Waals surface area contributed by atoms with Crippen molar-refractivity contribution < 1.29 is 14.3 Å². The molecule has 1 rings (SSSR count). The van der Waals surface area contributed by atoms with E-state index in [1.807, 2.05) is 24.3 Å². The van der Waals surface area contributed by atoms with Gasteiger partial charge in [-0.15, -0.1) is 0 Å².